The van der Waals surface area contributed by atoms with Crippen LogP contribution in [0.1, 0.15) is 29.3 Å². The molecule has 0 atom stereocenters. The molecule has 0 saturated carbocycles. The predicted molar refractivity (Wildman–Crippen MR) is 137 cm³/mol. The SMILES string of the molecule is COc1ccc(-n2c(-c3cccc(OC)c3)cc(/C(C)=N\OCc3ccc(C#N)cc3)c2C)cc1. The van der Waals surface area contributed by atoms with E-state index >= 15 is 0 Å². The summed E-state index contributed by atoms with van der Waals surface area (Å²) in [7, 11) is 3.33. The molecule has 4 rings (SSSR count). The zero-order valence-electron chi connectivity index (χ0n) is 20.3. The Morgan fingerprint density at radius 1 is 0.914 bits per heavy atom. The summed E-state index contributed by atoms with van der Waals surface area (Å²) in [6.07, 6.45) is 0. The molecule has 0 aliphatic rings. The molecular formula is C29H27N3O3. The van der Waals surface area contributed by atoms with Crippen LogP contribution in [0.2, 0.25) is 0 Å². The van der Waals surface area contributed by atoms with Crippen LogP contribution in [-0.4, -0.2) is 24.5 Å². The maximum Gasteiger partial charge on any atom is 0.142 e. The van der Waals surface area contributed by atoms with Crippen molar-refractivity contribution in [2.75, 3.05) is 14.2 Å². The van der Waals surface area contributed by atoms with Gasteiger partial charge in [0.2, 0.25) is 0 Å². The maximum atomic E-state index is 8.96. The first-order valence-electron chi connectivity index (χ1n) is 11.2. The highest BCUT2D eigenvalue weighted by molar-refractivity contribution is 6.01. The molecule has 6 heteroatoms. The number of methoxy groups -OCH3 is 2. The van der Waals surface area contributed by atoms with Gasteiger partial charge in [0, 0.05) is 22.5 Å². The third-order valence-corrected chi connectivity index (χ3v) is 5.85. The summed E-state index contributed by atoms with van der Waals surface area (Å²) in [5.41, 5.74) is 7.42. The van der Waals surface area contributed by atoms with Crippen LogP contribution in [0.15, 0.2) is 84.0 Å². The summed E-state index contributed by atoms with van der Waals surface area (Å²) in [6, 6.07) is 27.5. The Balaban J connectivity index is 1.70. The van der Waals surface area contributed by atoms with Gasteiger partial charge in [0.25, 0.3) is 0 Å². The van der Waals surface area contributed by atoms with Crippen molar-refractivity contribution in [2.24, 2.45) is 5.16 Å². The third kappa shape index (κ3) is 5.20. The van der Waals surface area contributed by atoms with Gasteiger partial charge in [-0.1, -0.05) is 29.4 Å². The molecule has 1 heterocycles. The Bertz CT molecular complexity index is 1380. The average Bonchev–Trinajstić information content (AvgIpc) is 3.26. The first-order valence-corrected chi connectivity index (χ1v) is 11.2. The van der Waals surface area contributed by atoms with Crippen LogP contribution in [0.3, 0.4) is 0 Å². The molecule has 1 aromatic heterocycles. The maximum absolute atomic E-state index is 8.96. The van der Waals surface area contributed by atoms with E-state index in [9.17, 15) is 0 Å². The molecule has 3 aromatic carbocycles. The highest BCUT2D eigenvalue weighted by atomic mass is 16.6. The molecule has 0 unspecified atom stereocenters. The fraction of sp³-hybridized carbons (Fsp3) is 0.172. The van der Waals surface area contributed by atoms with Gasteiger partial charge in [-0.2, -0.15) is 5.26 Å². The number of ether oxygens (including phenoxy) is 2. The van der Waals surface area contributed by atoms with E-state index in [1.807, 2.05) is 61.5 Å². The van der Waals surface area contributed by atoms with Gasteiger partial charge < -0.3 is 18.9 Å². The molecule has 6 nitrogen and oxygen atoms in total. The molecule has 0 aliphatic carbocycles. The normalized spacial score (nSPS) is 11.1. The van der Waals surface area contributed by atoms with Gasteiger partial charge in [-0.05, 0) is 74.0 Å². The summed E-state index contributed by atoms with van der Waals surface area (Å²) >= 11 is 0. The lowest BCUT2D eigenvalue weighted by Gasteiger charge is -2.13. The molecule has 0 N–H and O–H groups in total. The van der Waals surface area contributed by atoms with Crippen LogP contribution in [0.4, 0.5) is 0 Å². The van der Waals surface area contributed by atoms with Gasteiger partial charge in [-0.25, -0.2) is 0 Å². The number of hydrogen-bond acceptors (Lipinski definition) is 5. The molecule has 0 amide bonds. The van der Waals surface area contributed by atoms with Crippen LogP contribution in [-0.2, 0) is 11.4 Å². The topological polar surface area (TPSA) is 68.8 Å². The number of nitrogens with zero attached hydrogens (tertiary/aromatic N) is 3. The number of oxime groups is 1. The fourth-order valence-electron chi connectivity index (χ4n) is 3.96. The molecule has 4 aromatic rings. The molecule has 0 radical (unpaired) electrons. The molecular weight excluding hydrogens is 438 g/mol. The fourth-order valence-corrected chi connectivity index (χ4v) is 3.96. The van der Waals surface area contributed by atoms with Crippen molar-refractivity contribution in [3.05, 3.63) is 101 Å². The van der Waals surface area contributed by atoms with Crippen LogP contribution < -0.4 is 9.47 Å². The lowest BCUT2D eigenvalue weighted by atomic mass is 10.1. The van der Waals surface area contributed by atoms with Crippen LogP contribution in [0, 0.1) is 18.3 Å². The van der Waals surface area contributed by atoms with E-state index in [-0.39, 0.29) is 0 Å². The van der Waals surface area contributed by atoms with Gasteiger partial charge in [-0.3, -0.25) is 0 Å². The minimum absolute atomic E-state index is 0.323. The first-order chi connectivity index (χ1) is 17.0. The highest BCUT2D eigenvalue weighted by Crippen LogP contribution is 2.32. The minimum atomic E-state index is 0.323. The van der Waals surface area contributed by atoms with Gasteiger partial charge in [0.05, 0.1) is 37.3 Å². The molecule has 0 aliphatic heterocycles. The Hall–Kier alpha value is -4.50. The lowest BCUT2D eigenvalue weighted by Crippen LogP contribution is -2.03. The van der Waals surface area contributed by atoms with E-state index in [4.69, 9.17) is 19.6 Å². The smallest absolute Gasteiger partial charge is 0.142 e. The molecule has 176 valence electrons. The Kier molecular flexibility index (Phi) is 7.18. The van der Waals surface area contributed by atoms with Crippen molar-refractivity contribution in [1.82, 2.24) is 4.57 Å². The van der Waals surface area contributed by atoms with Crippen LogP contribution >= 0.6 is 0 Å². The van der Waals surface area contributed by atoms with E-state index in [1.165, 1.54) is 0 Å². The summed E-state index contributed by atoms with van der Waals surface area (Å²) in [4.78, 5) is 5.65. The number of benzene rings is 3. The quantitative estimate of drug-likeness (QED) is 0.227. The minimum Gasteiger partial charge on any atom is -0.497 e. The molecule has 0 bridgehead atoms. The second-order valence-corrected chi connectivity index (χ2v) is 8.05. The summed E-state index contributed by atoms with van der Waals surface area (Å²) < 4.78 is 13.0. The van der Waals surface area contributed by atoms with Crippen molar-refractivity contribution < 1.29 is 14.3 Å². The molecule has 0 spiro atoms. The Morgan fingerprint density at radius 3 is 2.29 bits per heavy atom. The molecule has 0 fully saturated rings. The summed E-state index contributed by atoms with van der Waals surface area (Å²) in [6.45, 7) is 4.34. The Labute approximate surface area is 205 Å². The number of rotatable bonds is 8. The number of hydrogen-bond donors (Lipinski definition) is 0. The van der Waals surface area contributed by atoms with E-state index in [0.717, 1.165) is 51.0 Å². The second-order valence-electron chi connectivity index (χ2n) is 8.05. The third-order valence-electron chi connectivity index (χ3n) is 5.85. The van der Waals surface area contributed by atoms with Crippen molar-refractivity contribution in [1.29, 1.82) is 5.26 Å². The van der Waals surface area contributed by atoms with Crippen LogP contribution in [0.25, 0.3) is 16.9 Å². The van der Waals surface area contributed by atoms with Crippen molar-refractivity contribution in [3.63, 3.8) is 0 Å². The van der Waals surface area contributed by atoms with Gasteiger partial charge in [0.1, 0.15) is 18.1 Å². The van der Waals surface area contributed by atoms with Crippen molar-refractivity contribution in [2.45, 2.75) is 20.5 Å². The summed E-state index contributed by atoms with van der Waals surface area (Å²) in [5.74, 6) is 1.59. The van der Waals surface area contributed by atoms with Gasteiger partial charge >= 0.3 is 0 Å². The Morgan fingerprint density at radius 2 is 1.63 bits per heavy atom. The highest BCUT2D eigenvalue weighted by Gasteiger charge is 2.17. The first kappa shape index (κ1) is 23.7. The monoisotopic (exact) mass is 465 g/mol. The second kappa shape index (κ2) is 10.6. The zero-order chi connectivity index (χ0) is 24.8. The van der Waals surface area contributed by atoms with Gasteiger partial charge in [-0.15, -0.1) is 0 Å². The largest absolute Gasteiger partial charge is 0.497 e. The molecule has 0 saturated heterocycles. The standard InChI is InChI=1S/C29H27N3O3/c1-20(31-35-19-23-10-8-22(18-30)9-11-23)28-17-29(24-6-5-7-27(16-24)34-4)32(21(28)2)25-12-14-26(33-3)15-13-25/h5-17H,19H2,1-4H3/b31-20-. The number of aromatic nitrogens is 1. The van der Waals surface area contributed by atoms with E-state index in [0.29, 0.717) is 12.2 Å². The van der Waals surface area contributed by atoms with Crippen molar-refractivity contribution in [3.8, 4) is 34.5 Å². The van der Waals surface area contributed by atoms with E-state index in [1.54, 1.807) is 26.4 Å². The van der Waals surface area contributed by atoms with E-state index < -0.39 is 0 Å². The van der Waals surface area contributed by atoms with E-state index in [2.05, 4.69) is 34.8 Å². The predicted octanol–water partition coefficient (Wildman–Crippen LogP) is 6.28. The number of nitriles is 1. The summed E-state index contributed by atoms with van der Waals surface area (Å²) in [5, 5.41) is 13.3. The molecule has 35 heavy (non-hydrogen) atoms. The average molecular weight is 466 g/mol. The van der Waals surface area contributed by atoms with Crippen LogP contribution in [0.5, 0.6) is 11.5 Å². The van der Waals surface area contributed by atoms with Gasteiger partial charge in [0.15, 0.2) is 0 Å². The zero-order valence-corrected chi connectivity index (χ0v) is 20.3. The van der Waals surface area contributed by atoms with Crippen molar-refractivity contribution >= 4 is 5.71 Å². The lowest BCUT2D eigenvalue weighted by molar-refractivity contribution is 0.130.